The van der Waals surface area contributed by atoms with Crippen molar-refractivity contribution < 1.29 is 70.5 Å². The van der Waals surface area contributed by atoms with Crippen LogP contribution in [0.15, 0.2) is 0 Å². The Morgan fingerprint density at radius 1 is 0.857 bits per heavy atom. The third-order valence-corrected chi connectivity index (χ3v) is 0.908. The van der Waals surface area contributed by atoms with Crippen molar-refractivity contribution in [3.8, 4) is 0 Å². The Labute approximate surface area is 130 Å². The second-order valence-corrected chi connectivity index (χ2v) is 1.94. The predicted octanol–water partition coefficient (Wildman–Crippen LogP) is -2.55. The third kappa shape index (κ3) is 19.2. The molecule has 0 rings (SSSR count). The van der Waals surface area contributed by atoms with Gasteiger partial charge in [-0.1, -0.05) is 6.92 Å². The van der Waals surface area contributed by atoms with Gasteiger partial charge in [0, 0.05) is 19.8 Å². The molecule has 0 fully saturated rings. The Bertz CT molecular complexity index is 73.5. The van der Waals surface area contributed by atoms with Crippen LogP contribution >= 0.6 is 0 Å². The molecule has 4 nitrogen and oxygen atoms in total. The monoisotopic (exact) mass is 230 g/mol. The van der Waals surface area contributed by atoms with Gasteiger partial charge in [0.15, 0.2) is 0 Å². The second-order valence-electron chi connectivity index (χ2n) is 1.94. The second kappa shape index (κ2) is 20.0. The molecule has 14 heavy (non-hydrogen) atoms. The van der Waals surface area contributed by atoms with E-state index in [2.05, 4.69) is 0 Å². The normalized spacial score (nSPS) is 8.36. The first-order valence-electron chi connectivity index (χ1n) is 4.69. The van der Waals surface area contributed by atoms with Crippen molar-refractivity contribution in [2.45, 2.75) is 27.7 Å². The van der Waals surface area contributed by atoms with Gasteiger partial charge >= 0.3 is 58.7 Å². The van der Waals surface area contributed by atoms with Crippen molar-refractivity contribution in [2.24, 2.45) is 0 Å². The van der Waals surface area contributed by atoms with Gasteiger partial charge in [-0.2, -0.15) is 0 Å². The van der Waals surface area contributed by atoms with E-state index in [1.807, 2.05) is 20.8 Å². The number of hydrogen-bond acceptors (Lipinski definition) is 4. The van der Waals surface area contributed by atoms with Crippen molar-refractivity contribution in [3.63, 3.8) is 0 Å². The molecule has 0 bridgehead atoms. The van der Waals surface area contributed by atoms with Crippen molar-refractivity contribution >= 4 is 7.32 Å². The van der Waals surface area contributed by atoms with Crippen LogP contribution in [0.1, 0.15) is 27.7 Å². The fraction of sp³-hybridized carbons (Fsp3) is 1.00. The van der Waals surface area contributed by atoms with Crippen LogP contribution in [0, 0.1) is 0 Å². The van der Waals surface area contributed by atoms with Gasteiger partial charge in [-0.3, -0.25) is 0 Å². The van der Waals surface area contributed by atoms with Gasteiger partial charge in [0.1, 0.15) is 0 Å². The molecule has 0 atom stereocenters. The molecule has 0 N–H and O–H groups in total. The van der Waals surface area contributed by atoms with Crippen molar-refractivity contribution in [1.29, 1.82) is 0 Å². The van der Waals surface area contributed by atoms with E-state index < -0.39 is 7.32 Å². The molecule has 0 radical (unpaired) electrons. The summed E-state index contributed by atoms with van der Waals surface area (Å²) in [5.41, 5.74) is 0. The maximum Gasteiger partial charge on any atom is 1.00 e. The molecule has 0 aliphatic carbocycles. The molecule has 0 aromatic rings. The van der Waals surface area contributed by atoms with Gasteiger partial charge in [0.05, 0.1) is 0 Å². The van der Waals surface area contributed by atoms with Crippen LogP contribution in [0.2, 0.25) is 0 Å². The maximum absolute atomic E-state index is 8.93. The van der Waals surface area contributed by atoms with E-state index in [0.29, 0.717) is 19.8 Å². The summed E-state index contributed by atoms with van der Waals surface area (Å²) in [6.07, 6.45) is 0. The SMILES string of the molecule is CCOB(OCC)OCC.CC[O-].[K+]. The van der Waals surface area contributed by atoms with E-state index in [0.717, 1.165) is 0 Å². The zero-order valence-corrected chi connectivity index (χ0v) is 13.2. The number of hydrogen-bond donors (Lipinski definition) is 0. The molecular weight excluding hydrogens is 210 g/mol. The largest absolute Gasteiger partial charge is 1.00 e. The van der Waals surface area contributed by atoms with E-state index >= 15 is 0 Å². The molecule has 0 aromatic heterocycles. The van der Waals surface area contributed by atoms with Gasteiger partial charge < -0.3 is 19.1 Å². The number of rotatable bonds is 6. The quantitative estimate of drug-likeness (QED) is 0.471. The Balaban J connectivity index is -0.000000267. The van der Waals surface area contributed by atoms with Crippen LogP contribution in [0.3, 0.4) is 0 Å². The zero-order valence-electron chi connectivity index (χ0n) is 10.0. The van der Waals surface area contributed by atoms with E-state index in [-0.39, 0.29) is 58.0 Å². The summed E-state index contributed by atoms with van der Waals surface area (Å²) in [4.78, 5) is 0. The molecule has 80 valence electrons. The fourth-order valence-corrected chi connectivity index (χ4v) is 0.553. The van der Waals surface area contributed by atoms with Crippen LogP contribution in [-0.2, 0) is 14.0 Å². The van der Waals surface area contributed by atoms with Crippen LogP contribution in [-0.4, -0.2) is 33.7 Å². The summed E-state index contributed by atoms with van der Waals surface area (Å²) in [5.74, 6) is 0. The molecule has 0 aliphatic heterocycles. The Morgan fingerprint density at radius 3 is 1.21 bits per heavy atom. The maximum atomic E-state index is 8.93. The van der Waals surface area contributed by atoms with Crippen LogP contribution in [0.5, 0.6) is 0 Å². The standard InChI is InChI=1S/C6H15BO3.C2H5O.K/c1-4-8-7(9-5-2)10-6-3;1-2-3;/h4-6H2,1-3H3;2H2,1H3;/q;-1;+1. The minimum absolute atomic E-state index is 0. The molecule has 0 amide bonds. The predicted molar refractivity (Wildman–Crippen MR) is 51.2 cm³/mol. The molecule has 0 saturated carbocycles. The molecule has 0 unspecified atom stereocenters. The van der Waals surface area contributed by atoms with E-state index in [4.69, 9.17) is 19.1 Å². The molecule has 0 aliphatic rings. The Kier molecular flexibility index (Phi) is 29.9. The van der Waals surface area contributed by atoms with E-state index in [1.165, 1.54) is 0 Å². The topological polar surface area (TPSA) is 50.8 Å². The van der Waals surface area contributed by atoms with Gasteiger partial charge in [-0.05, 0) is 20.8 Å². The summed E-state index contributed by atoms with van der Waals surface area (Å²) < 4.78 is 15.2. The average Bonchev–Trinajstić information content (AvgIpc) is 2.07. The Hall–Kier alpha value is 1.54. The minimum Gasteiger partial charge on any atom is -0.855 e. The zero-order chi connectivity index (χ0) is 10.5. The van der Waals surface area contributed by atoms with E-state index in [1.54, 1.807) is 6.92 Å². The minimum atomic E-state index is -0.472. The summed E-state index contributed by atoms with van der Waals surface area (Å²) >= 11 is 0. The van der Waals surface area contributed by atoms with E-state index in [9.17, 15) is 0 Å². The first-order valence-corrected chi connectivity index (χ1v) is 4.69. The van der Waals surface area contributed by atoms with Crippen LogP contribution < -0.4 is 56.5 Å². The smallest absolute Gasteiger partial charge is 0.855 e. The van der Waals surface area contributed by atoms with Gasteiger partial charge in [0.2, 0.25) is 0 Å². The summed E-state index contributed by atoms with van der Waals surface area (Å²) in [7, 11) is -0.472. The first-order chi connectivity index (χ1) is 6.26. The fourth-order valence-electron chi connectivity index (χ4n) is 0.553. The van der Waals surface area contributed by atoms with Crippen molar-refractivity contribution in [3.05, 3.63) is 0 Å². The van der Waals surface area contributed by atoms with Gasteiger partial charge in [-0.15, -0.1) is 6.61 Å². The molecule has 0 aromatic carbocycles. The summed E-state index contributed by atoms with van der Waals surface area (Å²) in [5, 5.41) is 8.93. The van der Waals surface area contributed by atoms with Crippen LogP contribution in [0.25, 0.3) is 0 Å². The van der Waals surface area contributed by atoms with Crippen molar-refractivity contribution in [2.75, 3.05) is 26.4 Å². The van der Waals surface area contributed by atoms with Crippen LogP contribution in [0.4, 0.5) is 0 Å². The van der Waals surface area contributed by atoms with Gasteiger partial charge in [-0.25, -0.2) is 0 Å². The first kappa shape index (κ1) is 20.9. The molecule has 0 heterocycles. The van der Waals surface area contributed by atoms with Gasteiger partial charge in [0.25, 0.3) is 0 Å². The molecular formula is C8H20BKO4. The molecule has 0 spiro atoms. The molecule has 6 heteroatoms. The molecule has 0 saturated heterocycles. The summed E-state index contributed by atoms with van der Waals surface area (Å²) in [6.45, 7) is 9.14. The van der Waals surface area contributed by atoms with Crippen molar-refractivity contribution in [1.82, 2.24) is 0 Å². The third-order valence-electron chi connectivity index (χ3n) is 0.908. The Morgan fingerprint density at radius 2 is 1.07 bits per heavy atom. The summed E-state index contributed by atoms with van der Waals surface area (Å²) in [6, 6.07) is 0. The average molecular weight is 230 g/mol.